The Kier molecular flexibility index (Phi) is 3.32. The highest BCUT2D eigenvalue weighted by atomic mass is 16.1. The van der Waals surface area contributed by atoms with Crippen molar-refractivity contribution in [3.63, 3.8) is 0 Å². The van der Waals surface area contributed by atoms with Crippen LogP contribution in [0.5, 0.6) is 0 Å². The Morgan fingerprint density at radius 3 is 2.65 bits per heavy atom. The van der Waals surface area contributed by atoms with Crippen molar-refractivity contribution in [2.24, 2.45) is 0 Å². The standard InChI is InChI=1S/C13H15N3O/c1-3-16-13(14-9-15-16)8-12(17)11-6-4-10(2)5-7-11/h4-7,9H,3,8H2,1-2H3. The highest BCUT2D eigenvalue weighted by molar-refractivity contribution is 5.97. The van der Waals surface area contributed by atoms with Gasteiger partial charge < -0.3 is 0 Å². The Bertz CT molecular complexity index is 514. The molecule has 0 aliphatic carbocycles. The van der Waals surface area contributed by atoms with E-state index in [2.05, 4.69) is 10.1 Å². The van der Waals surface area contributed by atoms with Gasteiger partial charge in [-0.05, 0) is 13.8 Å². The van der Waals surface area contributed by atoms with Crippen molar-refractivity contribution < 1.29 is 4.79 Å². The summed E-state index contributed by atoms with van der Waals surface area (Å²) < 4.78 is 1.74. The summed E-state index contributed by atoms with van der Waals surface area (Å²) in [7, 11) is 0. The second-order valence-corrected chi connectivity index (χ2v) is 3.96. The molecule has 4 nitrogen and oxygen atoms in total. The van der Waals surface area contributed by atoms with Gasteiger partial charge in [0.15, 0.2) is 5.78 Å². The SMILES string of the molecule is CCn1ncnc1CC(=O)c1ccc(C)cc1. The van der Waals surface area contributed by atoms with Gasteiger partial charge in [-0.15, -0.1) is 0 Å². The fourth-order valence-electron chi connectivity index (χ4n) is 1.67. The van der Waals surface area contributed by atoms with Crippen molar-refractivity contribution in [3.8, 4) is 0 Å². The normalized spacial score (nSPS) is 10.5. The number of hydrogen-bond acceptors (Lipinski definition) is 3. The highest BCUT2D eigenvalue weighted by Gasteiger charge is 2.11. The number of rotatable bonds is 4. The predicted octanol–water partition coefficient (Wildman–Crippen LogP) is 2.03. The number of ketones is 1. The Labute approximate surface area is 100 Å². The molecule has 0 aliphatic rings. The zero-order chi connectivity index (χ0) is 12.3. The number of aromatic nitrogens is 3. The second-order valence-electron chi connectivity index (χ2n) is 3.96. The fourth-order valence-corrected chi connectivity index (χ4v) is 1.67. The first-order valence-electron chi connectivity index (χ1n) is 5.67. The largest absolute Gasteiger partial charge is 0.294 e. The van der Waals surface area contributed by atoms with E-state index in [9.17, 15) is 4.79 Å². The third-order valence-corrected chi connectivity index (χ3v) is 2.69. The zero-order valence-electron chi connectivity index (χ0n) is 10.1. The molecule has 1 aromatic carbocycles. The van der Waals surface area contributed by atoms with Gasteiger partial charge in [0.2, 0.25) is 0 Å². The van der Waals surface area contributed by atoms with E-state index in [0.29, 0.717) is 6.42 Å². The smallest absolute Gasteiger partial charge is 0.170 e. The van der Waals surface area contributed by atoms with Crippen LogP contribution in [0.4, 0.5) is 0 Å². The van der Waals surface area contributed by atoms with E-state index in [0.717, 1.165) is 23.5 Å². The van der Waals surface area contributed by atoms with E-state index in [1.165, 1.54) is 6.33 Å². The van der Waals surface area contributed by atoms with Crippen molar-refractivity contribution in [2.75, 3.05) is 0 Å². The molecule has 4 heteroatoms. The lowest BCUT2D eigenvalue weighted by Gasteiger charge is -2.03. The van der Waals surface area contributed by atoms with Crippen LogP contribution in [0.2, 0.25) is 0 Å². The monoisotopic (exact) mass is 229 g/mol. The first-order chi connectivity index (χ1) is 8.20. The van der Waals surface area contributed by atoms with E-state index < -0.39 is 0 Å². The second kappa shape index (κ2) is 4.91. The van der Waals surface area contributed by atoms with Gasteiger partial charge >= 0.3 is 0 Å². The molecule has 0 unspecified atom stereocenters. The van der Waals surface area contributed by atoms with Crippen LogP contribution in [0.15, 0.2) is 30.6 Å². The number of benzene rings is 1. The Morgan fingerprint density at radius 1 is 1.29 bits per heavy atom. The molecule has 1 aromatic heterocycles. The molecule has 0 atom stereocenters. The lowest BCUT2D eigenvalue weighted by atomic mass is 10.1. The van der Waals surface area contributed by atoms with Crippen molar-refractivity contribution in [2.45, 2.75) is 26.8 Å². The molecule has 88 valence electrons. The van der Waals surface area contributed by atoms with E-state index in [4.69, 9.17) is 0 Å². The summed E-state index contributed by atoms with van der Waals surface area (Å²) >= 11 is 0. The van der Waals surface area contributed by atoms with E-state index >= 15 is 0 Å². The van der Waals surface area contributed by atoms with Gasteiger partial charge in [-0.3, -0.25) is 4.79 Å². The molecule has 0 aliphatic heterocycles. The molecule has 0 saturated heterocycles. The maximum atomic E-state index is 12.0. The molecule has 0 amide bonds. The topological polar surface area (TPSA) is 47.8 Å². The van der Waals surface area contributed by atoms with Gasteiger partial charge in [-0.2, -0.15) is 5.10 Å². The lowest BCUT2D eigenvalue weighted by molar-refractivity contribution is 0.0989. The summed E-state index contributed by atoms with van der Waals surface area (Å²) in [4.78, 5) is 16.1. The maximum absolute atomic E-state index is 12.0. The minimum absolute atomic E-state index is 0.0766. The molecule has 2 aromatic rings. The van der Waals surface area contributed by atoms with Crippen LogP contribution in [-0.4, -0.2) is 20.5 Å². The van der Waals surface area contributed by atoms with Gasteiger partial charge in [-0.1, -0.05) is 29.8 Å². The number of Topliss-reactive ketones (excluding diaryl/α,β-unsaturated/α-hetero) is 1. The molecule has 2 rings (SSSR count). The number of carbonyl (C=O) groups is 1. The van der Waals surface area contributed by atoms with Crippen LogP contribution in [-0.2, 0) is 13.0 Å². The molecule has 17 heavy (non-hydrogen) atoms. The molecule has 0 fully saturated rings. The van der Waals surface area contributed by atoms with Crippen LogP contribution in [0.1, 0.15) is 28.7 Å². The van der Waals surface area contributed by atoms with Crippen LogP contribution in [0.3, 0.4) is 0 Å². The summed E-state index contributed by atoms with van der Waals surface area (Å²) in [5, 5.41) is 4.05. The summed E-state index contributed by atoms with van der Waals surface area (Å²) in [6.45, 7) is 4.72. The molecule has 0 radical (unpaired) electrons. The van der Waals surface area contributed by atoms with Crippen LogP contribution in [0.25, 0.3) is 0 Å². The van der Waals surface area contributed by atoms with Gasteiger partial charge in [-0.25, -0.2) is 9.67 Å². The summed E-state index contributed by atoms with van der Waals surface area (Å²) in [6.07, 6.45) is 1.79. The Morgan fingerprint density at radius 2 is 2.00 bits per heavy atom. The van der Waals surface area contributed by atoms with Crippen molar-refractivity contribution in [1.29, 1.82) is 0 Å². The van der Waals surface area contributed by atoms with Gasteiger partial charge in [0.1, 0.15) is 12.2 Å². The van der Waals surface area contributed by atoms with Gasteiger partial charge in [0.25, 0.3) is 0 Å². The summed E-state index contributed by atoms with van der Waals surface area (Å²) in [5.41, 5.74) is 1.87. The van der Waals surface area contributed by atoms with Crippen molar-refractivity contribution in [3.05, 3.63) is 47.5 Å². The van der Waals surface area contributed by atoms with Crippen LogP contribution in [0, 0.1) is 6.92 Å². The lowest BCUT2D eigenvalue weighted by Crippen LogP contribution is -2.10. The minimum atomic E-state index is 0.0766. The average molecular weight is 229 g/mol. The molecule has 0 spiro atoms. The van der Waals surface area contributed by atoms with Crippen LogP contribution >= 0.6 is 0 Å². The van der Waals surface area contributed by atoms with E-state index in [-0.39, 0.29) is 5.78 Å². The number of aryl methyl sites for hydroxylation is 2. The van der Waals surface area contributed by atoms with Crippen molar-refractivity contribution in [1.82, 2.24) is 14.8 Å². The summed E-state index contributed by atoms with van der Waals surface area (Å²) in [6, 6.07) is 7.59. The molecular weight excluding hydrogens is 214 g/mol. The zero-order valence-corrected chi connectivity index (χ0v) is 10.1. The maximum Gasteiger partial charge on any atom is 0.170 e. The minimum Gasteiger partial charge on any atom is -0.294 e. The first-order valence-corrected chi connectivity index (χ1v) is 5.67. The van der Waals surface area contributed by atoms with Crippen molar-refractivity contribution >= 4 is 5.78 Å². The third-order valence-electron chi connectivity index (χ3n) is 2.69. The van der Waals surface area contributed by atoms with Gasteiger partial charge in [0.05, 0.1) is 6.42 Å². The first kappa shape index (κ1) is 11.5. The predicted molar refractivity (Wildman–Crippen MR) is 64.9 cm³/mol. The highest BCUT2D eigenvalue weighted by Crippen LogP contribution is 2.07. The quantitative estimate of drug-likeness (QED) is 0.754. The summed E-state index contributed by atoms with van der Waals surface area (Å²) in [5.74, 6) is 0.797. The molecule has 1 heterocycles. The number of carbonyl (C=O) groups excluding carboxylic acids is 1. The Hall–Kier alpha value is -1.97. The van der Waals surface area contributed by atoms with Gasteiger partial charge in [0, 0.05) is 12.1 Å². The average Bonchev–Trinajstić information content (AvgIpc) is 2.77. The fraction of sp³-hybridized carbons (Fsp3) is 0.308. The molecular formula is C13H15N3O. The van der Waals surface area contributed by atoms with Crippen LogP contribution < -0.4 is 0 Å². The number of nitrogens with zero attached hydrogens (tertiary/aromatic N) is 3. The molecule has 0 N–H and O–H groups in total. The van der Waals surface area contributed by atoms with E-state index in [1.54, 1.807) is 4.68 Å². The molecule has 0 bridgehead atoms. The number of hydrogen-bond donors (Lipinski definition) is 0. The Balaban J connectivity index is 2.14. The third kappa shape index (κ3) is 2.58. The molecule has 0 saturated carbocycles. The van der Waals surface area contributed by atoms with E-state index in [1.807, 2.05) is 38.1 Å².